The van der Waals surface area contributed by atoms with Crippen LogP contribution in [0.3, 0.4) is 0 Å². The zero-order chi connectivity index (χ0) is 14.4. The van der Waals surface area contributed by atoms with Gasteiger partial charge in [0, 0.05) is 34.4 Å². The van der Waals surface area contributed by atoms with Crippen molar-refractivity contribution in [1.29, 1.82) is 0 Å². The van der Waals surface area contributed by atoms with E-state index in [9.17, 15) is 4.79 Å². The van der Waals surface area contributed by atoms with Gasteiger partial charge in [0.25, 0.3) is 0 Å². The molecule has 0 aliphatic rings. The zero-order valence-electron chi connectivity index (χ0n) is 11.5. The van der Waals surface area contributed by atoms with E-state index in [0.29, 0.717) is 6.54 Å². The third kappa shape index (κ3) is 4.30. The molecule has 1 atom stereocenters. The van der Waals surface area contributed by atoms with Gasteiger partial charge in [0.1, 0.15) is 6.10 Å². The summed E-state index contributed by atoms with van der Waals surface area (Å²) in [5, 5.41) is 4.85. The molecule has 2 heterocycles. The minimum Gasteiger partial charge on any atom is -0.374 e. The molecule has 3 nitrogen and oxygen atoms in total. The van der Waals surface area contributed by atoms with Crippen LogP contribution in [-0.2, 0) is 9.53 Å². The Labute approximate surface area is 126 Å². The fraction of sp³-hybridized carbons (Fsp3) is 0.267. The lowest BCUT2D eigenvalue weighted by Crippen LogP contribution is -2.27. The smallest absolute Gasteiger partial charge is 0.244 e. The van der Waals surface area contributed by atoms with Crippen LogP contribution in [0.1, 0.15) is 20.7 Å². The third-order valence-corrected chi connectivity index (χ3v) is 4.70. The third-order valence-electron chi connectivity index (χ3n) is 2.77. The Morgan fingerprint density at radius 3 is 2.90 bits per heavy atom. The van der Waals surface area contributed by atoms with Gasteiger partial charge >= 0.3 is 0 Å². The number of hydrogen-bond donors (Lipinski definition) is 1. The zero-order valence-corrected chi connectivity index (χ0v) is 13.1. The normalized spacial score (nSPS) is 12.7. The lowest BCUT2D eigenvalue weighted by molar-refractivity contribution is -0.117. The van der Waals surface area contributed by atoms with E-state index >= 15 is 0 Å². The van der Waals surface area contributed by atoms with E-state index in [-0.39, 0.29) is 12.0 Å². The van der Waals surface area contributed by atoms with Crippen molar-refractivity contribution >= 4 is 34.7 Å². The van der Waals surface area contributed by atoms with Gasteiger partial charge in [0.2, 0.25) is 5.91 Å². The second-order valence-electron chi connectivity index (χ2n) is 4.27. The van der Waals surface area contributed by atoms with Crippen molar-refractivity contribution in [3.8, 4) is 0 Å². The van der Waals surface area contributed by atoms with Gasteiger partial charge in [-0.1, -0.05) is 6.07 Å². The molecule has 0 aliphatic heterocycles. The van der Waals surface area contributed by atoms with E-state index in [0.717, 1.165) is 9.75 Å². The number of amides is 1. The molecule has 2 aromatic rings. The summed E-state index contributed by atoms with van der Waals surface area (Å²) < 4.78 is 5.42. The first kappa shape index (κ1) is 15.0. The molecule has 106 valence electrons. The van der Waals surface area contributed by atoms with Crippen molar-refractivity contribution in [2.45, 2.75) is 13.0 Å². The first-order valence-electron chi connectivity index (χ1n) is 6.27. The van der Waals surface area contributed by atoms with Crippen molar-refractivity contribution in [3.05, 3.63) is 50.4 Å². The Hall–Kier alpha value is -1.43. The van der Waals surface area contributed by atoms with Gasteiger partial charge in [0.15, 0.2) is 0 Å². The van der Waals surface area contributed by atoms with Crippen molar-refractivity contribution in [3.63, 3.8) is 0 Å². The van der Waals surface area contributed by atoms with Crippen molar-refractivity contribution < 1.29 is 9.53 Å². The molecule has 20 heavy (non-hydrogen) atoms. The topological polar surface area (TPSA) is 38.3 Å². The molecule has 1 unspecified atom stereocenters. The van der Waals surface area contributed by atoms with Crippen LogP contribution in [0, 0.1) is 6.92 Å². The summed E-state index contributed by atoms with van der Waals surface area (Å²) in [7, 11) is 1.66. The van der Waals surface area contributed by atoms with Crippen LogP contribution in [0.4, 0.5) is 0 Å². The monoisotopic (exact) mass is 307 g/mol. The quantitative estimate of drug-likeness (QED) is 0.828. The fourth-order valence-electron chi connectivity index (χ4n) is 1.72. The molecule has 0 aliphatic carbocycles. The first-order valence-corrected chi connectivity index (χ1v) is 7.97. The molecule has 0 spiro atoms. The lowest BCUT2D eigenvalue weighted by Gasteiger charge is -2.13. The van der Waals surface area contributed by atoms with Crippen molar-refractivity contribution in [2.24, 2.45) is 0 Å². The lowest BCUT2D eigenvalue weighted by atomic mass is 10.3. The summed E-state index contributed by atoms with van der Waals surface area (Å²) in [6.07, 6.45) is 3.28. The minimum atomic E-state index is -0.103. The van der Waals surface area contributed by atoms with Crippen LogP contribution in [0.2, 0.25) is 0 Å². The Morgan fingerprint density at radius 1 is 1.45 bits per heavy atom. The van der Waals surface area contributed by atoms with E-state index in [4.69, 9.17) is 4.74 Å². The number of methoxy groups -OCH3 is 1. The SMILES string of the molecule is COC(CNC(=O)C=Cc1cccs1)c1ccc(C)s1. The molecule has 0 saturated heterocycles. The number of thiophene rings is 2. The molecule has 2 aromatic heterocycles. The molecule has 0 bridgehead atoms. The second kappa shape index (κ2) is 7.38. The van der Waals surface area contributed by atoms with E-state index in [1.54, 1.807) is 35.9 Å². The van der Waals surface area contributed by atoms with Gasteiger partial charge < -0.3 is 10.1 Å². The van der Waals surface area contributed by atoms with Crippen LogP contribution >= 0.6 is 22.7 Å². The fourth-order valence-corrected chi connectivity index (χ4v) is 3.30. The molecule has 2 rings (SSSR count). The number of carbonyl (C=O) groups excluding carboxylic acids is 1. The molecule has 0 saturated carbocycles. The summed E-state index contributed by atoms with van der Waals surface area (Å²) in [5.41, 5.74) is 0. The summed E-state index contributed by atoms with van der Waals surface area (Å²) >= 11 is 3.29. The highest BCUT2D eigenvalue weighted by molar-refractivity contribution is 7.12. The van der Waals surface area contributed by atoms with Gasteiger partial charge in [-0.05, 0) is 36.6 Å². The van der Waals surface area contributed by atoms with E-state index in [2.05, 4.69) is 18.3 Å². The maximum Gasteiger partial charge on any atom is 0.244 e. The minimum absolute atomic E-state index is 0.0900. The summed E-state index contributed by atoms with van der Waals surface area (Å²) in [6.45, 7) is 2.54. The number of nitrogens with one attached hydrogen (secondary N) is 1. The standard InChI is InChI=1S/C15H17NO2S2/c1-11-5-7-14(20-11)13(18-2)10-16-15(17)8-6-12-4-3-9-19-12/h3-9,13H,10H2,1-2H3,(H,16,17). The Kier molecular flexibility index (Phi) is 5.52. The Bertz CT molecular complexity index is 572. The van der Waals surface area contributed by atoms with Crippen LogP contribution in [-0.4, -0.2) is 19.6 Å². The molecule has 0 fully saturated rings. The number of carbonyl (C=O) groups is 1. The van der Waals surface area contributed by atoms with Gasteiger partial charge in [-0.15, -0.1) is 22.7 Å². The Morgan fingerprint density at radius 2 is 2.30 bits per heavy atom. The summed E-state index contributed by atoms with van der Waals surface area (Å²) in [4.78, 5) is 15.2. The predicted octanol–water partition coefficient (Wildman–Crippen LogP) is 3.64. The summed E-state index contributed by atoms with van der Waals surface area (Å²) in [5.74, 6) is -0.103. The van der Waals surface area contributed by atoms with E-state index < -0.39 is 0 Å². The molecule has 1 amide bonds. The molecular formula is C15H17NO2S2. The van der Waals surface area contributed by atoms with Crippen LogP contribution in [0.15, 0.2) is 35.7 Å². The maximum absolute atomic E-state index is 11.7. The van der Waals surface area contributed by atoms with Crippen molar-refractivity contribution in [2.75, 3.05) is 13.7 Å². The average Bonchev–Trinajstić information content (AvgIpc) is 3.09. The number of hydrogen-bond acceptors (Lipinski definition) is 4. The molecule has 5 heteroatoms. The number of aryl methyl sites for hydroxylation is 1. The largest absolute Gasteiger partial charge is 0.374 e. The molecular weight excluding hydrogens is 290 g/mol. The van der Waals surface area contributed by atoms with Gasteiger partial charge in [0.05, 0.1) is 0 Å². The first-order chi connectivity index (χ1) is 9.69. The highest BCUT2D eigenvalue weighted by Crippen LogP contribution is 2.24. The summed E-state index contributed by atoms with van der Waals surface area (Å²) in [6, 6.07) is 8.04. The van der Waals surface area contributed by atoms with Crippen LogP contribution in [0.5, 0.6) is 0 Å². The maximum atomic E-state index is 11.7. The van der Waals surface area contributed by atoms with Crippen molar-refractivity contribution in [1.82, 2.24) is 5.32 Å². The molecule has 0 radical (unpaired) electrons. The van der Waals surface area contributed by atoms with E-state index in [1.165, 1.54) is 4.88 Å². The van der Waals surface area contributed by atoms with Gasteiger partial charge in [-0.2, -0.15) is 0 Å². The van der Waals surface area contributed by atoms with Gasteiger partial charge in [-0.3, -0.25) is 4.79 Å². The van der Waals surface area contributed by atoms with E-state index in [1.807, 2.05) is 29.7 Å². The number of rotatable bonds is 6. The predicted molar refractivity (Wildman–Crippen MR) is 85.2 cm³/mol. The molecule has 1 N–H and O–H groups in total. The van der Waals surface area contributed by atoms with Crippen LogP contribution < -0.4 is 5.32 Å². The van der Waals surface area contributed by atoms with Crippen LogP contribution in [0.25, 0.3) is 6.08 Å². The highest BCUT2D eigenvalue weighted by Gasteiger charge is 2.13. The Balaban J connectivity index is 1.85. The van der Waals surface area contributed by atoms with Gasteiger partial charge in [-0.25, -0.2) is 0 Å². The number of ether oxygens (including phenoxy) is 1. The second-order valence-corrected chi connectivity index (χ2v) is 6.57. The average molecular weight is 307 g/mol. The molecule has 0 aromatic carbocycles. The highest BCUT2D eigenvalue weighted by atomic mass is 32.1.